The zero-order valence-electron chi connectivity index (χ0n) is 15.9. The van der Waals surface area contributed by atoms with Crippen LogP contribution in [0, 0.1) is 0 Å². The van der Waals surface area contributed by atoms with Crippen LogP contribution in [0.15, 0.2) is 59.5 Å². The first-order valence-electron chi connectivity index (χ1n) is 9.21. The molecular weight excluding hydrogens is 378 g/mol. The molecule has 1 fully saturated rings. The van der Waals surface area contributed by atoms with Gasteiger partial charge in [0.05, 0.1) is 23.8 Å². The Balaban J connectivity index is 1.66. The van der Waals surface area contributed by atoms with Crippen LogP contribution in [0.5, 0.6) is 0 Å². The van der Waals surface area contributed by atoms with E-state index in [9.17, 15) is 13.2 Å². The van der Waals surface area contributed by atoms with Crippen molar-refractivity contribution >= 4 is 21.6 Å². The van der Waals surface area contributed by atoms with Crippen LogP contribution in [0.1, 0.15) is 10.4 Å². The number of carbonyl (C=O) groups is 1. The minimum Gasteiger partial charge on any atom is -0.379 e. The molecule has 0 spiro atoms. The molecule has 1 amide bonds. The maximum Gasteiger partial charge on any atom is 0.264 e. The van der Waals surface area contributed by atoms with Crippen LogP contribution >= 0.6 is 0 Å². The summed E-state index contributed by atoms with van der Waals surface area (Å²) in [5.41, 5.74) is 0.882. The molecule has 1 aliphatic heterocycles. The summed E-state index contributed by atoms with van der Waals surface area (Å²) in [5, 5.41) is 2.86. The highest BCUT2D eigenvalue weighted by molar-refractivity contribution is 7.92. The minimum absolute atomic E-state index is 0.0830. The Bertz CT molecular complexity index is 897. The van der Waals surface area contributed by atoms with Gasteiger partial charge in [-0.2, -0.15) is 0 Å². The van der Waals surface area contributed by atoms with Gasteiger partial charge in [0, 0.05) is 38.8 Å². The third-order valence-corrected chi connectivity index (χ3v) is 6.47. The third-order valence-electron chi connectivity index (χ3n) is 4.69. The molecule has 1 N–H and O–H groups in total. The summed E-state index contributed by atoms with van der Waals surface area (Å²) in [6.07, 6.45) is 0. The molecule has 0 saturated carbocycles. The van der Waals surface area contributed by atoms with Crippen molar-refractivity contribution in [3.63, 3.8) is 0 Å². The largest absolute Gasteiger partial charge is 0.379 e. The summed E-state index contributed by atoms with van der Waals surface area (Å²) in [4.78, 5) is 14.7. The van der Waals surface area contributed by atoms with E-state index in [1.807, 2.05) is 6.07 Å². The molecule has 0 unspecified atom stereocenters. The number of hydrogen-bond acceptors (Lipinski definition) is 5. The molecule has 7 nitrogen and oxygen atoms in total. The van der Waals surface area contributed by atoms with Gasteiger partial charge in [-0.1, -0.05) is 24.3 Å². The van der Waals surface area contributed by atoms with E-state index in [1.165, 1.54) is 23.5 Å². The number of para-hydroxylation sites is 1. The minimum atomic E-state index is -3.75. The number of carbonyl (C=O) groups excluding carboxylic acids is 1. The van der Waals surface area contributed by atoms with Gasteiger partial charge in [-0.3, -0.25) is 14.0 Å². The smallest absolute Gasteiger partial charge is 0.264 e. The number of rotatable bonds is 7. The Morgan fingerprint density at radius 1 is 1.11 bits per heavy atom. The van der Waals surface area contributed by atoms with Crippen molar-refractivity contribution in [3.05, 3.63) is 60.2 Å². The third kappa shape index (κ3) is 4.89. The summed E-state index contributed by atoms with van der Waals surface area (Å²) in [6, 6.07) is 14.9. The molecule has 0 bridgehead atoms. The van der Waals surface area contributed by atoms with Crippen molar-refractivity contribution in [2.24, 2.45) is 0 Å². The highest BCUT2D eigenvalue weighted by Crippen LogP contribution is 2.22. The fraction of sp³-hybridized carbons (Fsp3) is 0.350. The van der Waals surface area contributed by atoms with E-state index in [-0.39, 0.29) is 10.8 Å². The maximum atomic E-state index is 12.9. The van der Waals surface area contributed by atoms with E-state index in [1.54, 1.807) is 36.4 Å². The number of nitrogens with one attached hydrogen (secondary N) is 1. The lowest BCUT2D eigenvalue weighted by molar-refractivity contribution is 0.0383. The molecule has 2 aromatic rings. The summed E-state index contributed by atoms with van der Waals surface area (Å²) < 4.78 is 32.3. The van der Waals surface area contributed by atoms with E-state index in [0.717, 1.165) is 19.6 Å². The predicted molar refractivity (Wildman–Crippen MR) is 108 cm³/mol. The Labute approximate surface area is 166 Å². The molecule has 0 aromatic heterocycles. The van der Waals surface area contributed by atoms with Gasteiger partial charge >= 0.3 is 0 Å². The number of amides is 1. The number of anilines is 1. The molecule has 0 atom stereocenters. The van der Waals surface area contributed by atoms with Crippen molar-refractivity contribution in [1.29, 1.82) is 0 Å². The van der Waals surface area contributed by atoms with Gasteiger partial charge in [-0.25, -0.2) is 8.42 Å². The van der Waals surface area contributed by atoms with E-state index < -0.39 is 10.0 Å². The average Bonchev–Trinajstić information content (AvgIpc) is 2.74. The number of sulfonamides is 1. The van der Waals surface area contributed by atoms with E-state index in [4.69, 9.17) is 4.74 Å². The van der Waals surface area contributed by atoms with E-state index in [2.05, 4.69) is 10.2 Å². The lowest BCUT2D eigenvalue weighted by Gasteiger charge is -2.26. The van der Waals surface area contributed by atoms with Crippen molar-refractivity contribution in [1.82, 2.24) is 10.2 Å². The zero-order chi connectivity index (χ0) is 20.0. The SMILES string of the molecule is CN(c1ccccc1)S(=O)(=O)c1cccc(C(=O)NCCN2CCOCC2)c1. The Morgan fingerprint density at radius 3 is 2.54 bits per heavy atom. The second-order valence-corrected chi connectivity index (χ2v) is 8.52. The molecule has 8 heteroatoms. The number of morpholine rings is 1. The van der Waals surface area contributed by atoms with Gasteiger partial charge in [0.15, 0.2) is 0 Å². The van der Waals surface area contributed by atoms with Crippen LogP contribution in [-0.4, -0.2) is 65.7 Å². The van der Waals surface area contributed by atoms with Gasteiger partial charge in [0.25, 0.3) is 15.9 Å². The van der Waals surface area contributed by atoms with Gasteiger partial charge in [-0.05, 0) is 30.3 Å². The second-order valence-electron chi connectivity index (χ2n) is 6.55. The highest BCUT2D eigenvalue weighted by Gasteiger charge is 2.22. The van der Waals surface area contributed by atoms with Gasteiger partial charge < -0.3 is 10.1 Å². The molecule has 3 rings (SSSR count). The van der Waals surface area contributed by atoms with Crippen LogP contribution < -0.4 is 9.62 Å². The number of ether oxygens (including phenoxy) is 1. The fourth-order valence-electron chi connectivity index (χ4n) is 2.99. The van der Waals surface area contributed by atoms with Gasteiger partial charge in [0.2, 0.25) is 0 Å². The number of hydrogen-bond donors (Lipinski definition) is 1. The first-order chi connectivity index (χ1) is 13.5. The van der Waals surface area contributed by atoms with Crippen LogP contribution in [0.3, 0.4) is 0 Å². The van der Waals surface area contributed by atoms with E-state index >= 15 is 0 Å². The second kappa shape index (κ2) is 9.18. The van der Waals surface area contributed by atoms with E-state index in [0.29, 0.717) is 31.0 Å². The van der Waals surface area contributed by atoms with Gasteiger partial charge in [0.1, 0.15) is 0 Å². The van der Waals surface area contributed by atoms with Crippen molar-refractivity contribution in [2.75, 3.05) is 50.7 Å². The van der Waals surface area contributed by atoms with Crippen molar-refractivity contribution < 1.29 is 17.9 Å². The summed E-state index contributed by atoms with van der Waals surface area (Å²) in [7, 11) is -2.25. The number of nitrogens with zero attached hydrogens (tertiary/aromatic N) is 2. The Kier molecular flexibility index (Phi) is 6.66. The maximum absolute atomic E-state index is 12.9. The molecule has 1 aliphatic rings. The monoisotopic (exact) mass is 403 g/mol. The van der Waals surface area contributed by atoms with Crippen LogP contribution in [0.4, 0.5) is 5.69 Å². The van der Waals surface area contributed by atoms with Crippen LogP contribution in [0.25, 0.3) is 0 Å². The highest BCUT2D eigenvalue weighted by atomic mass is 32.2. The molecule has 0 radical (unpaired) electrons. The molecule has 1 heterocycles. The summed E-state index contributed by atoms with van der Waals surface area (Å²) >= 11 is 0. The van der Waals surface area contributed by atoms with Crippen molar-refractivity contribution in [2.45, 2.75) is 4.90 Å². The zero-order valence-corrected chi connectivity index (χ0v) is 16.7. The predicted octanol–water partition coefficient (Wildman–Crippen LogP) is 1.57. The summed E-state index contributed by atoms with van der Waals surface area (Å²) in [5.74, 6) is -0.285. The Morgan fingerprint density at radius 2 is 1.82 bits per heavy atom. The lowest BCUT2D eigenvalue weighted by atomic mass is 10.2. The molecular formula is C20H25N3O4S. The van der Waals surface area contributed by atoms with Crippen molar-refractivity contribution in [3.8, 4) is 0 Å². The van der Waals surface area contributed by atoms with Gasteiger partial charge in [-0.15, -0.1) is 0 Å². The quantitative estimate of drug-likeness (QED) is 0.759. The normalized spacial score (nSPS) is 15.2. The lowest BCUT2D eigenvalue weighted by Crippen LogP contribution is -2.41. The average molecular weight is 404 g/mol. The number of benzene rings is 2. The fourth-order valence-corrected chi connectivity index (χ4v) is 4.23. The first-order valence-corrected chi connectivity index (χ1v) is 10.6. The van der Waals surface area contributed by atoms with Crippen LogP contribution in [-0.2, 0) is 14.8 Å². The Hall–Kier alpha value is -2.42. The molecule has 28 heavy (non-hydrogen) atoms. The molecule has 150 valence electrons. The topological polar surface area (TPSA) is 79.0 Å². The summed E-state index contributed by atoms with van der Waals surface area (Å²) in [6.45, 7) is 4.37. The first kappa shape index (κ1) is 20.3. The standard InChI is InChI=1S/C20H25N3O4S/c1-22(18-7-3-2-4-8-18)28(25,26)19-9-5-6-17(16-19)20(24)21-10-11-23-12-14-27-15-13-23/h2-9,16H,10-15H2,1H3,(H,21,24). The molecule has 0 aliphatic carbocycles. The molecule has 1 saturated heterocycles. The molecule has 2 aromatic carbocycles. The van der Waals surface area contributed by atoms with Crippen LogP contribution in [0.2, 0.25) is 0 Å².